The van der Waals surface area contributed by atoms with Crippen LogP contribution >= 0.6 is 0 Å². The minimum absolute atomic E-state index is 0.0550. The number of aliphatic carboxylic acids is 1. The first-order valence-corrected chi connectivity index (χ1v) is 4.16. The molecule has 0 unspecified atom stereocenters. The number of carboxylic acid groups (broad SMARTS) is 1. The Balaban J connectivity index is 4.02. The Hall–Kier alpha value is -1.06. The van der Waals surface area contributed by atoms with Crippen LogP contribution < -0.4 is 0 Å². The van der Waals surface area contributed by atoms with E-state index in [0.29, 0.717) is 18.8 Å². The predicted molar refractivity (Wildman–Crippen MR) is 47.5 cm³/mol. The maximum absolute atomic E-state index is 10.4. The van der Waals surface area contributed by atoms with Gasteiger partial charge in [-0.1, -0.05) is 13.8 Å². The lowest BCUT2D eigenvalue weighted by atomic mass is 10.3. The highest BCUT2D eigenvalue weighted by Crippen LogP contribution is 1.96. The molecule has 0 amide bonds. The fourth-order valence-corrected chi connectivity index (χ4v) is 0.966. The zero-order valence-corrected chi connectivity index (χ0v) is 7.63. The maximum atomic E-state index is 10.4. The highest BCUT2D eigenvalue weighted by Gasteiger charge is 2.09. The third kappa shape index (κ3) is 3.95. The minimum atomic E-state index is -0.873. The number of carbonyl (C=O) groups is 1. The summed E-state index contributed by atoms with van der Waals surface area (Å²) in [5.41, 5.74) is 0. The summed E-state index contributed by atoms with van der Waals surface area (Å²) in [4.78, 5) is 12.0. The van der Waals surface area contributed by atoms with E-state index in [0.717, 1.165) is 6.42 Å². The van der Waals surface area contributed by atoms with Crippen molar-refractivity contribution in [3.63, 3.8) is 0 Å². The fourth-order valence-electron chi connectivity index (χ4n) is 0.966. The third-order valence-corrected chi connectivity index (χ3v) is 1.54. The molecule has 0 aliphatic rings. The quantitative estimate of drug-likeness (QED) is 0.483. The highest BCUT2D eigenvalue weighted by molar-refractivity contribution is 5.83. The van der Waals surface area contributed by atoms with E-state index in [-0.39, 0.29) is 6.54 Å². The SMILES string of the molecule is CCCN(CC(=O)O)C(=N)CC. The third-order valence-electron chi connectivity index (χ3n) is 1.54. The summed E-state index contributed by atoms with van der Waals surface area (Å²) in [6.45, 7) is 4.42. The Labute approximate surface area is 72.7 Å². The van der Waals surface area contributed by atoms with Gasteiger partial charge in [0.25, 0.3) is 0 Å². The first-order chi connectivity index (χ1) is 5.61. The molecule has 0 rings (SSSR count). The monoisotopic (exact) mass is 172 g/mol. The number of nitrogens with one attached hydrogen (secondary N) is 1. The number of nitrogens with zero attached hydrogens (tertiary/aromatic N) is 1. The molecule has 0 aromatic carbocycles. The summed E-state index contributed by atoms with van der Waals surface area (Å²) >= 11 is 0. The molecule has 0 radical (unpaired) electrons. The molecule has 0 atom stereocenters. The Morgan fingerprint density at radius 1 is 1.50 bits per heavy atom. The van der Waals surface area contributed by atoms with Crippen molar-refractivity contribution >= 4 is 11.8 Å². The van der Waals surface area contributed by atoms with Crippen LogP contribution in [0.15, 0.2) is 0 Å². The van der Waals surface area contributed by atoms with Gasteiger partial charge in [-0.3, -0.25) is 10.2 Å². The van der Waals surface area contributed by atoms with Gasteiger partial charge >= 0.3 is 5.97 Å². The van der Waals surface area contributed by atoms with Crippen molar-refractivity contribution in [2.45, 2.75) is 26.7 Å². The normalized spacial score (nSPS) is 9.50. The molecule has 0 saturated carbocycles. The Morgan fingerprint density at radius 3 is 2.42 bits per heavy atom. The van der Waals surface area contributed by atoms with E-state index in [1.807, 2.05) is 13.8 Å². The van der Waals surface area contributed by atoms with Crippen LogP contribution in [0.5, 0.6) is 0 Å². The zero-order valence-electron chi connectivity index (χ0n) is 7.63. The van der Waals surface area contributed by atoms with Gasteiger partial charge in [0.1, 0.15) is 6.54 Å². The number of rotatable bonds is 5. The van der Waals surface area contributed by atoms with E-state index in [1.54, 1.807) is 4.90 Å². The van der Waals surface area contributed by atoms with Gasteiger partial charge in [0, 0.05) is 13.0 Å². The van der Waals surface area contributed by atoms with Gasteiger partial charge < -0.3 is 10.0 Å². The second-order valence-corrected chi connectivity index (χ2v) is 2.62. The molecule has 0 heterocycles. The van der Waals surface area contributed by atoms with Crippen LogP contribution in [0.4, 0.5) is 0 Å². The maximum Gasteiger partial charge on any atom is 0.323 e. The largest absolute Gasteiger partial charge is 0.480 e. The van der Waals surface area contributed by atoms with E-state index in [1.165, 1.54) is 0 Å². The molecule has 0 aromatic rings. The van der Waals surface area contributed by atoms with Gasteiger partial charge in [0.15, 0.2) is 0 Å². The van der Waals surface area contributed by atoms with Crippen LogP contribution in [-0.2, 0) is 4.79 Å². The summed E-state index contributed by atoms with van der Waals surface area (Å²) in [5, 5.41) is 16.0. The summed E-state index contributed by atoms with van der Waals surface area (Å²) in [7, 11) is 0. The molecular weight excluding hydrogens is 156 g/mol. The number of carboxylic acids is 1. The van der Waals surface area contributed by atoms with Crippen molar-refractivity contribution in [2.75, 3.05) is 13.1 Å². The van der Waals surface area contributed by atoms with E-state index < -0.39 is 5.97 Å². The molecule has 4 heteroatoms. The molecule has 0 aliphatic carbocycles. The van der Waals surface area contributed by atoms with Gasteiger partial charge in [-0.25, -0.2) is 0 Å². The molecule has 0 saturated heterocycles. The first-order valence-electron chi connectivity index (χ1n) is 4.16. The van der Waals surface area contributed by atoms with E-state index >= 15 is 0 Å². The Kier molecular flexibility index (Phi) is 5.08. The predicted octanol–water partition coefficient (Wildman–Crippen LogP) is 1.17. The highest BCUT2D eigenvalue weighted by atomic mass is 16.4. The van der Waals surface area contributed by atoms with E-state index in [9.17, 15) is 4.79 Å². The van der Waals surface area contributed by atoms with Crippen LogP contribution in [-0.4, -0.2) is 34.9 Å². The van der Waals surface area contributed by atoms with Crippen molar-refractivity contribution in [2.24, 2.45) is 0 Å². The molecule has 0 aliphatic heterocycles. The van der Waals surface area contributed by atoms with E-state index in [2.05, 4.69) is 0 Å². The lowest BCUT2D eigenvalue weighted by Gasteiger charge is -2.21. The van der Waals surface area contributed by atoms with Gasteiger partial charge in [-0.05, 0) is 6.42 Å². The molecule has 2 N–H and O–H groups in total. The van der Waals surface area contributed by atoms with Crippen LogP contribution in [0.1, 0.15) is 26.7 Å². The molecular formula is C8H16N2O2. The smallest absolute Gasteiger partial charge is 0.323 e. The van der Waals surface area contributed by atoms with Gasteiger partial charge in [0.2, 0.25) is 0 Å². The van der Waals surface area contributed by atoms with Gasteiger partial charge in [0.05, 0.1) is 5.84 Å². The standard InChI is InChI=1S/C8H16N2O2/c1-3-5-10(6-8(11)12)7(9)4-2/h9H,3-6H2,1-2H3,(H,11,12). The van der Waals surface area contributed by atoms with Crippen molar-refractivity contribution in [1.82, 2.24) is 4.90 Å². The summed E-state index contributed by atoms with van der Waals surface area (Å²) in [6, 6.07) is 0. The fraction of sp³-hybridized carbons (Fsp3) is 0.750. The molecule has 12 heavy (non-hydrogen) atoms. The number of hydrogen-bond donors (Lipinski definition) is 2. The lowest BCUT2D eigenvalue weighted by molar-refractivity contribution is -0.137. The Bertz CT molecular complexity index is 168. The topological polar surface area (TPSA) is 64.4 Å². The molecule has 70 valence electrons. The average Bonchev–Trinajstić information content (AvgIpc) is 2.01. The summed E-state index contributed by atoms with van der Waals surface area (Å²) < 4.78 is 0. The van der Waals surface area contributed by atoms with Crippen LogP contribution in [0.3, 0.4) is 0 Å². The Morgan fingerprint density at radius 2 is 2.08 bits per heavy atom. The minimum Gasteiger partial charge on any atom is -0.480 e. The second-order valence-electron chi connectivity index (χ2n) is 2.62. The van der Waals surface area contributed by atoms with E-state index in [4.69, 9.17) is 10.5 Å². The van der Waals surface area contributed by atoms with Gasteiger partial charge in [-0.15, -0.1) is 0 Å². The van der Waals surface area contributed by atoms with Crippen molar-refractivity contribution in [1.29, 1.82) is 5.41 Å². The summed E-state index contributed by atoms with van der Waals surface area (Å²) in [5.74, 6) is -0.471. The van der Waals surface area contributed by atoms with Crippen molar-refractivity contribution < 1.29 is 9.90 Å². The summed E-state index contributed by atoms with van der Waals surface area (Å²) in [6.07, 6.45) is 1.46. The molecule has 0 bridgehead atoms. The van der Waals surface area contributed by atoms with Crippen molar-refractivity contribution in [3.05, 3.63) is 0 Å². The van der Waals surface area contributed by atoms with Crippen LogP contribution in [0.2, 0.25) is 0 Å². The van der Waals surface area contributed by atoms with Crippen LogP contribution in [0.25, 0.3) is 0 Å². The first kappa shape index (κ1) is 10.9. The molecule has 4 nitrogen and oxygen atoms in total. The molecule has 0 spiro atoms. The van der Waals surface area contributed by atoms with Crippen molar-refractivity contribution in [3.8, 4) is 0 Å². The number of hydrogen-bond acceptors (Lipinski definition) is 2. The average molecular weight is 172 g/mol. The second kappa shape index (κ2) is 5.57. The number of amidine groups is 1. The van der Waals surface area contributed by atoms with Crippen LogP contribution in [0, 0.1) is 5.41 Å². The zero-order chi connectivity index (χ0) is 9.56. The molecule has 0 fully saturated rings. The van der Waals surface area contributed by atoms with Gasteiger partial charge in [-0.2, -0.15) is 0 Å². The lowest BCUT2D eigenvalue weighted by Crippen LogP contribution is -2.35. The molecule has 0 aromatic heterocycles.